The molecule has 0 atom stereocenters. The molecular formula is C21H28N8O. The van der Waals surface area contributed by atoms with E-state index in [1.54, 1.807) is 0 Å². The summed E-state index contributed by atoms with van der Waals surface area (Å²) < 4.78 is 0. The molecule has 0 radical (unpaired) electrons. The summed E-state index contributed by atoms with van der Waals surface area (Å²) in [5, 5.41) is 14.4. The van der Waals surface area contributed by atoms with E-state index in [2.05, 4.69) is 47.7 Å². The molecule has 0 spiro atoms. The molecule has 1 saturated heterocycles. The molecular weight excluding hydrogens is 380 g/mol. The molecule has 3 fully saturated rings. The molecule has 9 nitrogen and oxygen atoms in total. The Bertz CT molecular complexity index is 902. The van der Waals surface area contributed by atoms with Gasteiger partial charge in [-0.2, -0.15) is 4.98 Å². The first-order chi connectivity index (χ1) is 14.7. The summed E-state index contributed by atoms with van der Waals surface area (Å²) in [6.45, 7) is 4.43. The van der Waals surface area contributed by atoms with E-state index >= 15 is 0 Å². The second kappa shape index (κ2) is 8.06. The molecule has 158 valence electrons. The van der Waals surface area contributed by atoms with E-state index in [-0.39, 0.29) is 5.69 Å². The maximum Gasteiger partial charge on any atom is 0.273 e. The zero-order valence-corrected chi connectivity index (χ0v) is 17.0. The number of nitrogens with zero attached hydrogens (tertiary/aromatic N) is 5. The van der Waals surface area contributed by atoms with Crippen molar-refractivity contribution in [3.63, 3.8) is 0 Å². The van der Waals surface area contributed by atoms with Crippen molar-refractivity contribution < 1.29 is 4.79 Å². The van der Waals surface area contributed by atoms with Crippen LogP contribution in [0.5, 0.6) is 0 Å². The smallest absolute Gasteiger partial charge is 0.273 e. The van der Waals surface area contributed by atoms with Crippen LogP contribution in [0.15, 0.2) is 24.3 Å². The van der Waals surface area contributed by atoms with Crippen LogP contribution in [-0.2, 0) is 0 Å². The fraction of sp³-hybridized carbons (Fsp3) is 0.524. The third-order valence-corrected chi connectivity index (χ3v) is 6.23. The van der Waals surface area contributed by atoms with Gasteiger partial charge in [-0.3, -0.25) is 9.69 Å². The van der Waals surface area contributed by atoms with Gasteiger partial charge >= 0.3 is 0 Å². The minimum Gasteiger partial charge on any atom is -0.369 e. The summed E-state index contributed by atoms with van der Waals surface area (Å²) >= 11 is 0. The van der Waals surface area contributed by atoms with Crippen LogP contribution in [0.4, 0.5) is 23.1 Å². The number of carbonyl (C=O) groups is 1. The van der Waals surface area contributed by atoms with Crippen molar-refractivity contribution in [2.75, 3.05) is 41.7 Å². The summed E-state index contributed by atoms with van der Waals surface area (Å²) in [4.78, 5) is 21.1. The molecule has 30 heavy (non-hydrogen) atoms. The summed E-state index contributed by atoms with van der Waals surface area (Å²) in [5.41, 5.74) is 7.60. The third-order valence-electron chi connectivity index (χ3n) is 6.23. The van der Waals surface area contributed by atoms with Crippen molar-refractivity contribution in [2.24, 2.45) is 5.73 Å². The second-order valence-corrected chi connectivity index (χ2v) is 8.40. The van der Waals surface area contributed by atoms with Crippen LogP contribution in [0, 0.1) is 0 Å². The average molecular weight is 409 g/mol. The third kappa shape index (κ3) is 4.16. The van der Waals surface area contributed by atoms with E-state index in [0.717, 1.165) is 50.7 Å². The number of primary amides is 1. The number of aromatic nitrogens is 3. The van der Waals surface area contributed by atoms with E-state index in [1.807, 2.05) is 12.1 Å². The molecule has 2 aromatic rings. The number of benzene rings is 1. The number of nitrogens with two attached hydrogens (primary N) is 1. The fourth-order valence-corrected chi connectivity index (χ4v) is 4.06. The summed E-state index contributed by atoms with van der Waals surface area (Å²) in [6.07, 6.45) is 6.03. The first-order valence-electron chi connectivity index (χ1n) is 10.8. The number of nitrogens with one attached hydrogen (secondary N) is 2. The Kier molecular flexibility index (Phi) is 5.12. The molecule has 1 aliphatic heterocycles. The Labute approximate surface area is 176 Å². The van der Waals surface area contributed by atoms with Gasteiger partial charge in [0.15, 0.2) is 11.5 Å². The lowest BCUT2D eigenvalue weighted by Crippen LogP contribution is -2.47. The molecule has 2 aliphatic carbocycles. The van der Waals surface area contributed by atoms with E-state index in [9.17, 15) is 4.79 Å². The van der Waals surface area contributed by atoms with Crippen LogP contribution in [-0.4, -0.2) is 64.3 Å². The van der Waals surface area contributed by atoms with Crippen molar-refractivity contribution in [3.05, 3.63) is 30.0 Å². The average Bonchev–Trinajstić information content (AvgIpc) is 3.57. The topological polar surface area (TPSA) is 112 Å². The van der Waals surface area contributed by atoms with E-state index in [0.29, 0.717) is 17.8 Å². The second-order valence-electron chi connectivity index (χ2n) is 8.40. The van der Waals surface area contributed by atoms with Gasteiger partial charge in [-0.15, -0.1) is 10.2 Å². The number of anilines is 4. The molecule has 2 heterocycles. The van der Waals surface area contributed by atoms with Crippen LogP contribution in [0.3, 0.4) is 0 Å². The van der Waals surface area contributed by atoms with E-state index in [4.69, 9.17) is 5.73 Å². The molecule has 0 unspecified atom stereocenters. The standard InChI is InChI=1S/C21H28N8O/c22-19(30)18-20(23-14-2-1-3-14)25-21(27-26-18)24-15-4-6-16(7-5-15)28-10-12-29(13-11-28)17-8-9-17/h4-7,14,17H,1-3,8-13H2,(H2,22,30)(H2,23,24,25,27). The number of piperazine rings is 1. The lowest BCUT2D eigenvalue weighted by molar-refractivity contribution is 0.0995. The Morgan fingerprint density at radius 3 is 2.33 bits per heavy atom. The van der Waals surface area contributed by atoms with Crippen molar-refractivity contribution >= 4 is 29.0 Å². The number of hydrogen-bond donors (Lipinski definition) is 3. The van der Waals surface area contributed by atoms with Crippen molar-refractivity contribution in [2.45, 2.75) is 44.2 Å². The molecule has 4 N–H and O–H groups in total. The Hall–Kier alpha value is -2.94. The highest BCUT2D eigenvalue weighted by Gasteiger charge is 2.31. The number of amides is 1. The normalized spacial score (nSPS) is 19.9. The van der Waals surface area contributed by atoms with Crippen LogP contribution in [0.1, 0.15) is 42.6 Å². The monoisotopic (exact) mass is 408 g/mol. The minimum atomic E-state index is -0.630. The summed E-state index contributed by atoms with van der Waals surface area (Å²) in [5.74, 6) is 0.108. The molecule has 5 rings (SSSR count). The minimum absolute atomic E-state index is 0.0770. The highest BCUT2D eigenvalue weighted by atomic mass is 16.1. The largest absolute Gasteiger partial charge is 0.369 e. The number of carbonyl (C=O) groups excluding carboxylic acids is 1. The number of rotatable bonds is 7. The SMILES string of the molecule is NC(=O)c1nnc(Nc2ccc(N3CCN(C4CC4)CC3)cc2)nc1NC1CCC1. The van der Waals surface area contributed by atoms with Gasteiger partial charge in [0.05, 0.1) is 0 Å². The van der Waals surface area contributed by atoms with Gasteiger partial charge in [-0.25, -0.2) is 0 Å². The molecule has 0 bridgehead atoms. The van der Waals surface area contributed by atoms with Gasteiger partial charge < -0.3 is 21.3 Å². The summed E-state index contributed by atoms with van der Waals surface area (Å²) in [6, 6.07) is 9.44. The molecule has 9 heteroatoms. The van der Waals surface area contributed by atoms with Gasteiger partial charge in [0.1, 0.15) is 0 Å². The number of hydrogen-bond acceptors (Lipinski definition) is 8. The van der Waals surface area contributed by atoms with Crippen LogP contribution < -0.4 is 21.3 Å². The van der Waals surface area contributed by atoms with Gasteiger partial charge in [-0.05, 0) is 56.4 Å². The van der Waals surface area contributed by atoms with Crippen LogP contribution in [0.25, 0.3) is 0 Å². The maximum atomic E-state index is 11.6. The first kappa shape index (κ1) is 19.0. The van der Waals surface area contributed by atoms with Gasteiger partial charge in [0, 0.05) is 49.6 Å². The van der Waals surface area contributed by atoms with Crippen molar-refractivity contribution in [1.29, 1.82) is 0 Å². The molecule has 3 aliphatic rings. The lowest BCUT2D eigenvalue weighted by atomic mass is 9.93. The zero-order chi connectivity index (χ0) is 20.5. The highest BCUT2D eigenvalue weighted by molar-refractivity contribution is 5.95. The molecule has 1 aromatic carbocycles. The Morgan fingerprint density at radius 1 is 1.00 bits per heavy atom. The fourth-order valence-electron chi connectivity index (χ4n) is 4.06. The van der Waals surface area contributed by atoms with E-state index < -0.39 is 5.91 Å². The van der Waals surface area contributed by atoms with Gasteiger partial charge in [0.2, 0.25) is 5.95 Å². The molecule has 2 saturated carbocycles. The maximum absolute atomic E-state index is 11.6. The quantitative estimate of drug-likeness (QED) is 0.637. The van der Waals surface area contributed by atoms with Crippen molar-refractivity contribution in [3.8, 4) is 0 Å². The Morgan fingerprint density at radius 2 is 1.73 bits per heavy atom. The van der Waals surface area contributed by atoms with Gasteiger partial charge in [-0.1, -0.05) is 0 Å². The van der Waals surface area contributed by atoms with Crippen LogP contribution >= 0.6 is 0 Å². The highest BCUT2D eigenvalue weighted by Crippen LogP contribution is 2.29. The molecule has 1 amide bonds. The lowest BCUT2D eigenvalue weighted by Gasteiger charge is -2.36. The Balaban J connectivity index is 1.24. The van der Waals surface area contributed by atoms with E-state index in [1.165, 1.54) is 24.9 Å². The molecule has 1 aromatic heterocycles. The van der Waals surface area contributed by atoms with Crippen molar-refractivity contribution in [1.82, 2.24) is 20.1 Å². The van der Waals surface area contributed by atoms with Crippen LogP contribution in [0.2, 0.25) is 0 Å². The summed E-state index contributed by atoms with van der Waals surface area (Å²) in [7, 11) is 0. The predicted octanol–water partition coefficient (Wildman–Crippen LogP) is 1.96. The predicted molar refractivity (Wildman–Crippen MR) is 116 cm³/mol. The van der Waals surface area contributed by atoms with Gasteiger partial charge in [0.25, 0.3) is 5.91 Å². The zero-order valence-electron chi connectivity index (χ0n) is 17.0. The first-order valence-corrected chi connectivity index (χ1v) is 10.8.